The van der Waals surface area contributed by atoms with Crippen LogP contribution in [-0.2, 0) is 12.8 Å². The maximum absolute atomic E-state index is 14.0. The first-order valence-corrected chi connectivity index (χ1v) is 7.72. The van der Waals surface area contributed by atoms with Gasteiger partial charge < -0.3 is 5.32 Å². The molecule has 2 aromatic rings. The minimum Gasteiger partial charge on any atom is -0.316 e. The summed E-state index contributed by atoms with van der Waals surface area (Å²) in [5.41, 5.74) is 1.54. The van der Waals surface area contributed by atoms with Crippen LogP contribution < -0.4 is 5.32 Å². The van der Waals surface area contributed by atoms with Gasteiger partial charge in [-0.1, -0.05) is 45.7 Å². The molecular formula is C16H15BrClF2N. The van der Waals surface area contributed by atoms with Gasteiger partial charge in [0.15, 0.2) is 0 Å². The number of nitrogens with one attached hydrogen (secondary N) is 1. The lowest BCUT2D eigenvalue weighted by atomic mass is 9.99. The number of hydrogen-bond acceptors (Lipinski definition) is 1. The van der Waals surface area contributed by atoms with E-state index in [1.54, 1.807) is 18.2 Å². The Morgan fingerprint density at radius 2 is 1.86 bits per heavy atom. The Kier molecular flexibility index (Phi) is 5.73. The van der Waals surface area contributed by atoms with Crippen molar-refractivity contribution in [2.45, 2.75) is 18.9 Å². The Morgan fingerprint density at radius 1 is 1.14 bits per heavy atom. The van der Waals surface area contributed by atoms with Crippen molar-refractivity contribution in [2.75, 3.05) is 7.05 Å². The van der Waals surface area contributed by atoms with E-state index in [1.807, 2.05) is 7.05 Å². The third kappa shape index (κ3) is 4.25. The van der Waals surface area contributed by atoms with Crippen LogP contribution in [0, 0.1) is 11.6 Å². The molecule has 0 saturated carbocycles. The maximum atomic E-state index is 14.0. The van der Waals surface area contributed by atoms with Crippen LogP contribution in [-0.4, -0.2) is 13.1 Å². The van der Waals surface area contributed by atoms with Crippen LogP contribution in [0.25, 0.3) is 0 Å². The van der Waals surface area contributed by atoms with E-state index < -0.39 is 0 Å². The number of likely N-dealkylation sites (N-methyl/N-ethyl adjacent to an activating group) is 1. The van der Waals surface area contributed by atoms with Gasteiger partial charge in [-0.3, -0.25) is 0 Å². The zero-order valence-electron chi connectivity index (χ0n) is 11.5. The molecule has 2 rings (SSSR count). The SMILES string of the molecule is CNC(Cc1ccc(F)cc1Br)Cc1cccc(Cl)c1F. The molecule has 5 heteroatoms. The Hall–Kier alpha value is -0.970. The predicted molar refractivity (Wildman–Crippen MR) is 85.8 cm³/mol. The van der Waals surface area contributed by atoms with Gasteiger partial charge in [-0.25, -0.2) is 8.78 Å². The van der Waals surface area contributed by atoms with Crippen LogP contribution in [0.1, 0.15) is 11.1 Å². The first kappa shape index (κ1) is 16.4. The quantitative estimate of drug-likeness (QED) is 0.796. The fraction of sp³-hybridized carbons (Fsp3) is 0.250. The molecule has 0 amide bonds. The molecule has 0 aliphatic heterocycles. The number of hydrogen-bond donors (Lipinski definition) is 1. The Morgan fingerprint density at radius 3 is 2.52 bits per heavy atom. The van der Waals surface area contributed by atoms with E-state index in [1.165, 1.54) is 18.2 Å². The van der Waals surface area contributed by atoms with Crippen molar-refractivity contribution in [1.82, 2.24) is 5.32 Å². The summed E-state index contributed by atoms with van der Waals surface area (Å²) in [5, 5.41) is 3.29. The molecule has 0 aliphatic carbocycles. The van der Waals surface area contributed by atoms with Crippen LogP contribution in [0.3, 0.4) is 0 Å². The molecule has 0 saturated heterocycles. The topological polar surface area (TPSA) is 12.0 Å². The van der Waals surface area contributed by atoms with E-state index in [0.717, 1.165) is 5.56 Å². The minimum absolute atomic E-state index is 0.0275. The molecular weight excluding hydrogens is 360 g/mol. The van der Waals surface area contributed by atoms with E-state index in [4.69, 9.17) is 11.6 Å². The average molecular weight is 375 g/mol. The molecule has 0 spiro atoms. The summed E-state index contributed by atoms with van der Waals surface area (Å²) >= 11 is 9.15. The van der Waals surface area contributed by atoms with Crippen molar-refractivity contribution in [3.8, 4) is 0 Å². The molecule has 1 N–H and O–H groups in total. The lowest BCUT2D eigenvalue weighted by Crippen LogP contribution is -2.30. The summed E-state index contributed by atoms with van der Waals surface area (Å²) in [6.45, 7) is 0. The van der Waals surface area contributed by atoms with Gasteiger partial charge in [0.2, 0.25) is 0 Å². The summed E-state index contributed by atoms with van der Waals surface area (Å²) < 4.78 is 27.8. The highest BCUT2D eigenvalue weighted by Crippen LogP contribution is 2.23. The molecule has 2 aromatic carbocycles. The molecule has 112 valence electrons. The van der Waals surface area contributed by atoms with Crippen molar-refractivity contribution in [3.05, 3.63) is 68.7 Å². The molecule has 1 atom stereocenters. The Bertz CT molecular complexity index is 634. The molecule has 1 nitrogen and oxygen atoms in total. The second kappa shape index (κ2) is 7.34. The van der Waals surface area contributed by atoms with Crippen LogP contribution in [0.4, 0.5) is 8.78 Å². The Labute approximate surface area is 136 Å². The van der Waals surface area contributed by atoms with Gasteiger partial charge in [-0.05, 0) is 49.2 Å². The summed E-state index contributed by atoms with van der Waals surface area (Å²) in [6.07, 6.45) is 1.16. The zero-order chi connectivity index (χ0) is 15.4. The normalized spacial score (nSPS) is 12.4. The first-order valence-electron chi connectivity index (χ1n) is 6.55. The molecule has 0 aliphatic rings. The standard InChI is InChI=1S/C16H15BrClF2N/c1-21-13(7-10-5-6-12(19)9-14(10)17)8-11-3-2-4-15(18)16(11)20/h2-6,9,13,21H,7-8H2,1H3. The number of rotatable bonds is 5. The van der Waals surface area contributed by atoms with Gasteiger partial charge in [0.1, 0.15) is 11.6 Å². The third-order valence-electron chi connectivity index (χ3n) is 3.39. The van der Waals surface area contributed by atoms with Gasteiger partial charge in [0, 0.05) is 10.5 Å². The smallest absolute Gasteiger partial charge is 0.145 e. The summed E-state index contributed by atoms with van der Waals surface area (Å²) in [6, 6.07) is 9.62. The molecule has 0 fully saturated rings. The van der Waals surface area contributed by atoms with Gasteiger partial charge >= 0.3 is 0 Å². The first-order chi connectivity index (χ1) is 10.0. The molecule has 0 radical (unpaired) electrons. The van der Waals surface area contributed by atoms with E-state index in [9.17, 15) is 8.78 Å². The van der Waals surface area contributed by atoms with Crippen molar-refractivity contribution < 1.29 is 8.78 Å². The van der Waals surface area contributed by atoms with Gasteiger partial charge in [0.25, 0.3) is 0 Å². The number of halogens is 4. The minimum atomic E-state index is -0.377. The summed E-state index contributed by atoms with van der Waals surface area (Å²) in [7, 11) is 1.82. The van der Waals surface area contributed by atoms with Gasteiger partial charge in [-0.15, -0.1) is 0 Å². The average Bonchev–Trinajstić information content (AvgIpc) is 2.45. The van der Waals surface area contributed by atoms with Crippen molar-refractivity contribution >= 4 is 27.5 Å². The summed E-state index contributed by atoms with van der Waals surface area (Å²) in [5.74, 6) is -0.662. The van der Waals surface area contributed by atoms with Crippen LogP contribution in [0.2, 0.25) is 5.02 Å². The van der Waals surface area contributed by atoms with Gasteiger partial charge in [0.05, 0.1) is 5.02 Å². The van der Waals surface area contributed by atoms with E-state index in [2.05, 4.69) is 21.2 Å². The van der Waals surface area contributed by atoms with Crippen molar-refractivity contribution in [3.63, 3.8) is 0 Å². The van der Waals surface area contributed by atoms with E-state index in [-0.39, 0.29) is 22.7 Å². The molecule has 0 aromatic heterocycles. The highest BCUT2D eigenvalue weighted by molar-refractivity contribution is 9.10. The molecule has 21 heavy (non-hydrogen) atoms. The largest absolute Gasteiger partial charge is 0.316 e. The van der Waals surface area contributed by atoms with Crippen LogP contribution in [0.15, 0.2) is 40.9 Å². The highest BCUT2D eigenvalue weighted by atomic mass is 79.9. The highest BCUT2D eigenvalue weighted by Gasteiger charge is 2.14. The second-order valence-electron chi connectivity index (χ2n) is 4.84. The van der Waals surface area contributed by atoms with Gasteiger partial charge in [-0.2, -0.15) is 0 Å². The predicted octanol–water partition coefficient (Wildman–Crippen LogP) is 4.75. The van der Waals surface area contributed by atoms with Crippen LogP contribution in [0.5, 0.6) is 0 Å². The lowest BCUT2D eigenvalue weighted by molar-refractivity contribution is 0.531. The van der Waals surface area contributed by atoms with Crippen molar-refractivity contribution in [1.29, 1.82) is 0 Å². The monoisotopic (exact) mass is 373 g/mol. The lowest BCUT2D eigenvalue weighted by Gasteiger charge is -2.18. The van der Waals surface area contributed by atoms with Crippen molar-refractivity contribution in [2.24, 2.45) is 0 Å². The molecule has 0 bridgehead atoms. The van der Waals surface area contributed by atoms with E-state index >= 15 is 0 Å². The molecule has 1 unspecified atom stereocenters. The zero-order valence-corrected chi connectivity index (χ0v) is 13.8. The summed E-state index contributed by atoms with van der Waals surface area (Å²) in [4.78, 5) is 0. The maximum Gasteiger partial charge on any atom is 0.145 e. The third-order valence-corrected chi connectivity index (χ3v) is 4.42. The second-order valence-corrected chi connectivity index (χ2v) is 6.10. The number of benzene rings is 2. The molecule has 0 heterocycles. The van der Waals surface area contributed by atoms with Crippen LogP contribution >= 0.6 is 27.5 Å². The Balaban J connectivity index is 2.15. The fourth-order valence-electron chi connectivity index (χ4n) is 2.20. The van der Waals surface area contributed by atoms with E-state index in [0.29, 0.717) is 22.9 Å². The fourth-order valence-corrected chi connectivity index (χ4v) is 2.91.